The van der Waals surface area contributed by atoms with Gasteiger partial charge in [-0.1, -0.05) is 42.5 Å². The molecule has 2 N–H and O–H groups in total. The third-order valence-corrected chi connectivity index (χ3v) is 6.52. The number of alkyl halides is 3. The molecule has 5 rings (SSSR count). The zero-order valence-electron chi connectivity index (χ0n) is 21.5. The maximum absolute atomic E-state index is 13.5. The highest BCUT2D eigenvalue weighted by atomic mass is 19.4. The molecular formula is C29H27F4N5O2. The molecule has 1 aromatic heterocycles. The molecule has 1 saturated heterocycles. The van der Waals surface area contributed by atoms with Gasteiger partial charge in [0, 0.05) is 51.3 Å². The number of halogens is 4. The standard InChI is InChI=1S/C27H26FN5.C2HF3O2/c28-24-9-10-25-26(18-24)31-27(30-25)22-7-5-21(6-8-22)23-4-1-3-20(17-23)19-33-15-13-32(14-16-33)12-2-11-29;3-2(4,5)1(6)7/h1,3-10,17-18H,2,12-16,19H2,(H,30,31);(H,6,7). The summed E-state index contributed by atoms with van der Waals surface area (Å²) < 4.78 is 45.2. The van der Waals surface area contributed by atoms with E-state index in [-0.39, 0.29) is 5.82 Å². The fourth-order valence-corrected chi connectivity index (χ4v) is 4.43. The predicted octanol–water partition coefficient (Wildman–Crippen LogP) is 5.70. The first-order chi connectivity index (χ1) is 19.1. The van der Waals surface area contributed by atoms with Crippen molar-refractivity contribution in [3.05, 3.63) is 78.1 Å². The number of fused-ring (bicyclic) bond motifs is 1. The van der Waals surface area contributed by atoms with Crippen molar-refractivity contribution in [3.63, 3.8) is 0 Å². The summed E-state index contributed by atoms with van der Waals surface area (Å²) in [6.45, 7) is 5.93. The van der Waals surface area contributed by atoms with Crippen molar-refractivity contribution in [1.29, 1.82) is 5.26 Å². The molecule has 0 saturated carbocycles. The van der Waals surface area contributed by atoms with E-state index in [0.717, 1.165) is 61.7 Å². The Morgan fingerprint density at radius 3 is 2.25 bits per heavy atom. The van der Waals surface area contributed by atoms with E-state index in [4.69, 9.17) is 15.2 Å². The van der Waals surface area contributed by atoms with Crippen LogP contribution in [-0.2, 0) is 11.3 Å². The molecule has 0 bridgehead atoms. The summed E-state index contributed by atoms with van der Waals surface area (Å²) in [6, 6.07) is 23.9. The number of imidazole rings is 1. The molecule has 208 valence electrons. The molecule has 0 amide bonds. The fourth-order valence-electron chi connectivity index (χ4n) is 4.43. The minimum Gasteiger partial charge on any atom is -0.475 e. The number of carboxylic acid groups (broad SMARTS) is 1. The maximum atomic E-state index is 13.5. The molecular weight excluding hydrogens is 526 g/mol. The van der Waals surface area contributed by atoms with Crippen LogP contribution in [0.1, 0.15) is 12.0 Å². The van der Waals surface area contributed by atoms with Gasteiger partial charge in [0.25, 0.3) is 0 Å². The number of benzene rings is 3. The monoisotopic (exact) mass is 553 g/mol. The Kier molecular flexibility index (Phi) is 9.14. The molecule has 7 nitrogen and oxygen atoms in total. The van der Waals surface area contributed by atoms with E-state index in [1.807, 2.05) is 0 Å². The van der Waals surface area contributed by atoms with Crippen LogP contribution in [0.15, 0.2) is 66.7 Å². The molecule has 11 heteroatoms. The van der Waals surface area contributed by atoms with Crippen molar-refractivity contribution in [2.75, 3.05) is 32.7 Å². The number of hydrogen-bond donors (Lipinski definition) is 2. The van der Waals surface area contributed by atoms with E-state index in [9.17, 15) is 17.6 Å². The number of nitrogens with zero attached hydrogens (tertiary/aromatic N) is 4. The predicted molar refractivity (Wildman–Crippen MR) is 143 cm³/mol. The average molecular weight is 554 g/mol. The van der Waals surface area contributed by atoms with Crippen LogP contribution in [0.5, 0.6) is 0 Å². The summed E-state index contributed by atoms with van der Waals surface area (Å²) in [5.41, 5.74) is 6.09. The first kappa shape index (κ1) is 28.7. The van der Waals surface area contributed by atoms with E-state index in [1.165, 1.54) is 23.3 Å². The third kappa shape index (κ3) is 7.65. The van der Waals surface area contributed by atoms with Crippen molar-refractivity contribution in [2.45, 2.75) is 19.1 Å². The highest BCUT2D eigenvalue weighted by molar-refractivity contribution is 5.80. The number of aromatic nitrogens is 2. The van der Waals surface area contributed by atoms with Gasteiger partial charge in [0.15, 0.2) is 0 Å². The van der Waals surface area contributed by atoms with E-state index < -0.39 is 12.1 Å². The number of rotatable bonds is 6. The number of carboxylic acids is 1. The lowest BCUT2D eigenvalue weighted by Gasteiger charge is -2.34. The lowest BCUT2D eigenvalue weighted by atomic mass is 10.0. The quantitative estimate of drug-likeness (QED) is 0.298. The Balaban J connectivity index is 0.000000470. The molecule has 2 heterocycles. The molecule has 1 fully saturated rings. The second-order valence-electron chi connectivity index (χ2n) is 9.35. The van der Waals surface area contributed by atoms with Gasteiger partial charge in [0.1, 0.15) is 11.6 Å². The van der Waals surface area contributed by atoms with Crippen LogP contribution >= 0.6 is 0 Å². The normalized spacial score (nSPS) is 14.4. The van der Waals surface area contributed by atoms with Crippen LogP contribution in [0.4, 0.5) is 17.6 Å². The number of H-pyrrole nitrogens is 1. The second kappa shape index (κ2) is 12.7. The van der Waals surface area contributed by atoms with Gasteiger partial charge in [-0.2, -0.15) is 18.4 Å². The van der Waals surface area contributed by atoms with Crippen LogP contribution in [0.25, 0.3) is 33.5 Å². The zero-order chi connectivity index (χ0) is 28.7. The van der Waals surface area contributed by atoms with Crippen LogP contribution < -0.4 is 0 Å². The molecule has 0 atom stereocenters. The Morgan fingerprint density at radius 1 is 0.950 bits per heavy atom. The number of nitriles is 1. The lowest BCUT2D eigenvalue weighted by Crippen LogP contribution is -2.46. The first-order valence-electron chi connectivity index (χ1n) is 12.6. The molecule has 0 radical (unpaired) electrons. The van der Waals surface area contributed by atoms with Gasteiger partial charge in [-0.15, -0.1) is 0 Å². The van der Waals surface area contributed by atoms with E-state index >= 15 is 0 Å². The highest BCUT2D eigenvalue weighted by Crippen LogP contribution is 2.26. The van der Waals surface area contributed by atoms with Gasteiger partial charge in [0.05, 0.1) is 17.1 Å². The number of hydrogen-bond acceptors (Lipinski definition) is 5. The van der Waals surface area contributed by atoms with Crippen molar-refractivity contribution in [1.82, 2.24) is 19.8 Å². The first-order valence-corrected chi connectivity index (χ1v) is 12.6. The Morgan fingerprint density at radius 2 is 1.60 bits per heavy atom. The molecule has 4 aromatic rings. The maximum Gasteiger partial charge on any atom is 0.490 e. The van der Waals surface area contributed by atoms with Crippen molar-refractivity contribution in [2.24, 2.45) is 0 Å². The fraction of sp³-hybridized carbons (Fsp3) is 0.276. The van der Waals surface area contributed by atoms with Crippen LogP contribution in [0.3, 0.4) is 0 Å². The molecule has 1 aliphatic heterocycles. The van der Waals surface area contributed by atoms with Crippen molar-refractivity contribution < 1.29 is 27.5 Å². The topological polar surface area (TPSA) is 96.3 Å². The number of aromatic amines is 1. The van der Waals surface area contributed by atoms with Gasteiger partial charge in [-0.3, -0.25) is 9.80 Å². The average Bonchev–Trinajstić information content (AvgIpc) is 3.36. The Labute approximate surface area is 228 Å². The number of nitrogens with one attached hydrogen (secondary N) is 1. The smallest absolute Gasteiger partial charge is 0.475 e. The molecule has 0 aliphatic carbocycles. The van der Waals surface area contributed by atoms with Gasteiger partial charge in [-0.05, 0) is 41.0 Å². The molecule has 3 aromatic carbocycles. The summed E-state index contributed by atoms with van der Waals surface area (Å²) in [5.74, 6) is -2.29. The lowest BCUT2D eigenvalue weighted by molar-refractivity contribution is -0.192. The minimum absolute atomic E-state index is 0.270. The SMILES string of the molecule is N#CCCN1CCN(Cc2cccc(-c3ccc(-c4nc5ccc(F)cc5[nH]4)cc3)c2)CC1.O=C(O)C(F)(F)F. The second-order valence-corrected chi connectivity index (χ2v) is 9.35. The third-order valence-electron chi connectivity index (χ3n) is 6.52. The summed E-state index contributed by atoms with van der Waals surface area (Å²) in [6.07, 6.45) is -4.48. The summed E-state index contributed by atoms with van der Waals surface area (Å²) in [7, 11) is 0. The van der Waals surface area contributed by atoms with E-state index in [2.05, 4.69) is 74.4 Å². The van der Waals surface area contributed by atoms with E-state index in [0.29, 0.717) is 11.9 Å². The number of aliphatic carboxylic acids is 1. The van der Waals surface area contributed by atoms with Crippen LogP contribution in [-0.4, -0.2) is 69.7 Å². The summed E-state index contributed by atoms with van der Waals surface area (Å²) in [4.78, 5) is 21.5. The van der Waals surface area contributed by atoms with Gasteiger partial charge >= 0.3 is 12.1 Å². The number of carbonyl (C=O) groups is 1. The molecule has 0 spiro atoms. The largest absolute Gasteiger partial charge is 0.490 e. The summed E-state index contributed by atoms with van der Waals surface area (Å²) in [5, 5.41) is 15.9. The number of piperazine rings is 1. The molecule has 0 unspecified atom stereocenters. The Bertz CT molecular complexity index is 1490. The highest BCUT2D eigenvalue weighted by Gasteiger charge is 2.38. The Hall–Kier alpha value is -4.27. The van der Waals surface area contributed by atoms with Gasteiger partial charge < -0.3 is 10.1 Å². The van der Waals surface area contributed by atoms with Crippen molar-refractivity contribution in [3.8, 4) is 28.6 Å². The van der Waals surface area contributed by atoms with Crippen LogP contribution in [0.2, 0.25) is 0 Å². The zero-order valence-corrected chi connectivity index (χ0v) is 21.5. The van der Waals surface area contributed by atoms with Gasteiger partial charge in [0.2, 0.25) is 0 Å². The van der Waals surface area contributed by atoms with Crippen molar-refractivity contribution >= 4 is 17.0 Å². The minimum atomic E-state index is -5.08. The molecule has 1 aliphatic rings. The van der Waals surface area contributed by atoms with Crippen LogP contribution in [0, 0.1) is 17.1 Å². The van der Waals surface area contributed by atoms with E-state index in [1.54, 1.807) is 6.07 Å². The van der Waals surface area contributed by atoms with Gasteiger partial charge in [-0.25, -0.2) is 14.2 Å². The molecule has 40 heavy (non-hydrogen) atoms. The summed E-state index contributed by atoms with van der Waals surface area (Å²) >= 11 is 0.